The van der Waals surface area contributed by atoms with E-state index < -0.39 is 10.0 Å². The lowest BCUT2D eigenvalue weighted by molar-refractivity contribution is -0.136. The molecule has 4 rings (SSSR count). The van der Waals surface area contributed by atoms with Gasteiger partial charge in [0, 0.05) is 37.7 Å². The van der Waals surface area contributed by atoms with Gasteiger partial charge < -0.3 is 9.80 Å². The SMILES string of the molecule is Cc1cccc(NS(=O)(=O)c2ccc(C(=O)N3CCC(C(=O)N4CCCCCC4)CC3)cc2)c1C. The Balaban J connectivity index is 1.36. The number of hydrogen-bond acceptors (Lipinski definition) is 4. The summed E-state index contributed by atoms with van der Waals surface area (Å²) < 4.78 is 28.4. The summed E-state index contributed by atoms with van der Waals surface area (Å²) in [5.41, 5.74) is 2.87. The molecule has 0 atom stereocenters. The Morgan fingerprint density at radius 3 is 2.09 bits per heavy atom. The van der Waals surface area contributed by atoms with E-state index in [2.05, 4.69) is 4.72 Å². The quantitative estimate of drug-likeness (QED) is 0.665. The van der Waals surface area contributed by atoms with Gasteiger partial charge in [-0.1, -0.05) is 25.0 Å². The fraction of sp³-hybridized carbons (Fsp3) is 0.481. The third kappa shape index (κ3) is 5.86. The fourth-order valence-corrected chi connectivity index (χ4v) is 6.03. The van der Waals surface area contributed by atoms with Crippen LogP contribution in [0, 0.1) is 19.8 Å². The van der Waals surface area contributed by atoms with Crippen LogP contribution in [0.25, 0.3) is 0 Å². The average Bonchev–Trinajstić information content (AvgIpc) is 3.16. The number of nitrogens with zero attached hydrogens (tertiary/aromatic N) is 2. The van der Waals surface area contributed by atoms with Gasteiger partial charge >= 0.3 is 0 Å². The normalized spacial score (nSPS) is 17.7. The second kappa shape index (κ2) is 10.8. The molecule has 2 aliphatic heterocycles. The lowest BCUT2D eigenvalue weighted by Crippen LogP contribution is -2.44. The van der Waals surface area contributed by atoms with Gasteiger partial charge in [0.2, 0.25) is 5.91 Å². The van der Waals surface area contributed by atoms with Crippen LogP contribution < -0.4 is 4.72 Å². The number of amides is 2. The summed E-state index contributed by atoms with van der Waals surface area (Å²) in [6, 6.07) is 11.5. The first kappa shape index (κ1) is 25.2. The van der Waals surface area contributed by atoms with Crippen molar-refractivity contribution in [1.29, 1.82) is 0 Å². The van der Waals surface area contributed by atoms with Crippen LogP contribution in [0.5, 0.6) is 0 Å². The van der Waals surface area contributed by atoms with Gasteiger partial charge in [0.05, 0.1) is 10.6 Å². The molecule has 2 aromatic carbocycles. The molecule has 0 bridgehead atoms. The minimum atomic E-state index is -3.77. The van der Waals surface area contributed by atoms with Crippen LogP contribution in [-0.2, 0) is 14.8 Å². The van der Waals surface area contributed by atoms with Crippen LogP contribution in [0.3, 0.4) is 0 Å². The second-order valence-corrected chi connectivity index (χ2v) is 11.4. The third-order valence-corrected chi connectivity index (χ3v) is 8.69. The Labute approximate surface area is 208 Å². The van der Waals surface area contributed by atoms with E-state index in [9.17, 15) is 18.0 Å². The van der Waals surface area contributed by atoms with E-state index >= 15 is 0 Å². The molecule has 2 aromatic rings. The predicted molar refractivity (Wildman–Crippen MR) is 137 cm³/mol. The van der Waals surface area contributed by atoms with Gasteiger partial charge in [0.15, 0.2) is 0 Å². The minimum absolute atomic E-state index is 0.0131. The van der Waals surface area contributed by atoms with Crippen molar-refractivity contribution in [1.82, 2.24) is 9.80 Å². The molecule has 35 heavy (non-hydrogen) atoms. The molecule has 2 aliphatic rings. The molecule has 2 saturated heterocycles. The number of benzene rings is 2. The van der Waals surface area contributed by atoms with Crippen molar-refractivity contribution in [2.24, 2.45) is 5.92 Å². The molecule has 1 N–H and O–H groups in total. The molecule has 0 saturated carbocycles. The molecule has 2 amide bonds. The Morgan fingerprint density at radius 2 is 1.46 bits per heavy atom. The van der Waals surface area contributed by atoms with Gasteiger partial charge in [-0.3, -0.25) is 14.3 Å². The minimum Gasteiger partial charge on any atom is -0.342 e. The summed E-state index contributed by atoms with van der Waals surface area (Å²) in [5, 5.41) is 0. The fourth-order valence-electron chi connectivity index (χ4n) is 4.90. The number of piperidine rings is 1. The standard InChI is InChI=1S/C27H35N3O4S/c1-20-8-7-9-25(21(20)2)28-35(33,34)24-12-10-22(11-13-24)26(31)30-18-14-23(15-19-30)27(32)29-16-5-3-4-6-17-29/h7-13,23,28H,3-6,14-19H2,1-2H3. The maximum absolute atomic E-state index is 13.0. The van der Waals surface area contributed by atoms with Crippen molar-refractivity contribution >= 4 is 27.5 Å². The maximum Gasteiger partial charge on any atom is 0.261 e. The Morgan fingerprint density at radius 1 is 0.829 bits per heavy atom. The molecule has 0 radical (unpaired) electrons. The van der Waals surface area contributed by atoms with E-state index in [-0.39, 0.29) is 22.6 Å². The average molecular weight is 498 g/mol. The van der Waals surface area contributed by atoms with Gasteiger partial charge in [-0.2, -0.15) is 0 Å². The van der Waals surface area contributed by atoms with Gasteiger partial charge in [-0.25, -0.2) is 8.42 Å². The van der Waals surface area contributed by atoms with Crippen LogP contribution in [-0.4, -0.2) is 56.2 Å². The van der Waals surface area contributed by atoms with E-state index in [1.165, 1.54) is 25.0 Å². The smallest absolute Gasteiger partial charge is 0.261 e. The van der Waals surface area contributed by atoms with Crippen LogP contribution >= 0.6 is 0 Å². The third-order valence-electron chi connectivity index (χ3n) is 7.31. The number of nitrogens with one attached hydrogen (secondary N) is 1. The molecular weight excluding hydrogens is 462 g/mol. The van der Waals surface area contributed by atoms with E-state index in [1.807, 2.05) is 30.9 Å². The molecule has 0 spiro atoms. The summed E-state index contributed by atoms with van der Waals surface area (Å²) in [5.74, 6) is 0.0998. The number of sulfonamides is 1. The number of aryl methyl sites for hydroxylation is 1. The zero-order valence-corrected chi connectivity index (χ0v) is 21.4. The number of likely N-dealkylation sites (tertiary alicyclic amines) is 2. The molecule has 7 nitrogen and oxygen atoms in total. The van der Waals surface area contributed by atoms with Crippen LogP contribution in [0.1, 0.15) is 60.0 Å². The van der Waals surface area contributed by atoms with E-state index in [0.29, 0.717) is 37.2 Å². The lowest BCUT2D eigenvalue weighted by atomic mass is 9.94. The first-order valence-electron chi connectivity index (χ1n) is 12.5. The topological polar surface area (TPSA) is 86.8 Å². The highest BCUT2D eigenvalue weighted by Gasteiger charge is 2.31. The van der Waals surface area contributed by atoms with E-state index in [0.717, 1.165) is 37.1 Å². The van der Waals surface area contributed by atoms with Crippen molar-refractivity contribution in [2.75, 3.05) is 30.9 Å². The summed E-state index contributed by atoms with van der Waals surface area (Å²) in [6.45, 7) is 6.59. The van der Waals surface area contributed by atoms with Crippen molar-refractivity contribution in [3.8, 4) is 0 Å². The largest absolute Gasteiger partial charge is 0.342 e. The van der Waals surface area contributed by atoms with Crippen molar-refractivity contribution in [3.63, 3.8) is 0 Å². The second-order valence-electron chi connectivity index (χ2n) is 9.68. The summed E-state index contributed by atoms with van der Waals surface area (Å²) in [7, 11) is -3.77. The van der Waals surface area contributed by atoms with Crippen LogP contribution in [0.2, 0.25) is 0 Å². The zero-order chi connectivity index (χ0) is 25.0. The molecule has 0 aliphatic carbocycles. The van der Waals surface area contributed by atoms with Gasteiger partial charge in [-0.05, 0) is 81.0 Å². The van der Waals surface area contributed by atoms with E-state index in [4.69, 9.17) is 0 Å². The Hall–Kier alpha value is -2.87. The first-order valence-corrected chi connectivity index (χ1v) is 14.0. The zero-order valence-electron chi connectivity index (χ0n) is 20.6. The molecule has 2 fully saturated rings. The van der Waals surface area contributed by atoms with Crippen molar-refractivity contribution < 1.29 is 18.0 Å². The van der Waals surface area contributed by atoms with Crippen LogP contribution in [0.15, 0.2) is 47.4 Å². The number of rotatable bonds is 5. The highest BCUT2D eigenvalue weighted by Crippen LogP contribution is 2.25. The molecule has 0 unspecified atom stereocenters. The van der Waals surface area contributed by atoms with Gasteiger partial charge in [-0.15, -0.1) is 0 Å². The number of carbonyl (C=O) groups is 2. The highest BCUT2D eigenvalue weighted by molar-refractivity contribution is 7.92. The highest BCUT2D eigenvalue weighted by atomic mass is 32.2. The predicted octanol–water partition coefficient (Wildman–Crippen LogP) is 4.36. The number of carbonyl (C=O) groups excluding carboxylic acids is 2. The van der Waals surface area contributed by atoms with Crippen molar-refractivity contribution in [2.45, 2.75) is 57.3 Å². The van der Waals surface area contributed by atoms with Crippen molar-refractivity contribution in [3.05, 3.63) is 59.2 Å². The van der Waals surface area contributed by atoms with Gasteiger partial charge in [0.1, 0.15) is 0 Å². The Kier molecular flexibility index (Phi) is 7.79. The number of anilines is 1. The van der Waals surface area contributed by atoms with Gasteiger partial charge in [0.25, 0.3) is 15.9 Å². The molecule has 2 heterocycles. The monoisotopic (exact) mass is 497 g/mol. The summed E-state index contributed by atoms with van der Waals surface area (Å²) in [6.07, 6.45) is 5.89. The molecule has 0 aromatic heterocycles. The maximum atomic E-state index is 13.0. The molecule has 188 valence electrons. The summed E-state index contributed by atoms with van der Waals surface area (Å²) >= 11 is 0. The lowest BCUT2D eigenvalue weighted by Gasteiger charge is -2.34. The molecular formula is C27H35N3O4S. The summed E-state index contributed by atoms with van der Waals surface area (Å²) in [4.78, 5) is 29.8. The van der Waals surface area contributed by atoms with E-state index in [1.54, 1.807) is 23.1 Å². The molecule has 8 heteroatoms. The van der Waals surface area contributed by atoms with Crippen LogP contribution in [0.4, 0.5) is 5.69 Å². The first-order chi connectivity index (χ1) is 16.8. The Bertz CT molecular complexity index is 1160. The number of hydrogen-bond donors (Lipinski definition) is 1.